The highest BCUT2D eigenvalue weighted by atomic mass is 32.1. The molecule has 0 aliphatic heterocycles. The lowest BCUT2D eigenvalue weighted by molar-refractivity contribution is 0.672. The average molecular weight is 247 g/mol. The van der Waals surface area contributed by atoms with Gasteiger partial charge in [-0.3, -0.25) is 5.10 Å². The fourth-order valence-corrected chi connectivity index (χ4v) is 3.50. The lowest BCUT2D eigenvalue weighted by Gasteiger charge is -2.01. The zero-order chi connectivity index (χ0) is 11.7. The molecule has 2 aromatic heterocycles. The van der Waals surface area contributed by atoms with Gasteiger partial charge in [-0.1, -0.05) is 19.8 Å². The quantitative estimate of drug-likeness (QED) is 0.897. The monoisotopic (exact) mass is 247 g/mol. The molecular formula is C13H17N3S. The average Bonchev–Trinajstić information content (AvgIpc) is 3.09. The third-order valence-corrected chi connectivity index (χ3v) is 4.53. The van der Waals surface area contributed by atoms with Crippen molar-refractivity contribution in [1.82, 2.24) is 15.2 Å². The van der Waals surface area contributed by atoms with E-state index in [-0.39, 0.29) is 0 Å². The van der Waals surface area contributed by atoms with Crippen LogP contribution in [0.15, 0.2) is 11.4 Å². The Morgan fingerprint density at radius 3 is 3.00 bits per heavy atom. The number of hydrogen-bond acceptors (Lipinski definition) is 3. The van der Waals surface area contributed by atoms with Gasteiger partial charge < -0.3 is 0 Å². The fourth-order valence-electron chi connectivity index (χ4n) is 2.57. The first-order valence-corrected chi connectivity index (χ1v) is 7.25. The fraction of sp³-hybridized carbons (Fsp3) is 0.538. The van der Waals surface area contributed by atoms with Gasteiger partial charge in [-0.2, -0.15) is 5.10 Å². The normalized spacial score (nSPS) is 16.8. The van der Waals surface area contributed by atoms with Crippen LogP contribution in [-0.2, 0) is 6.42 Å². The van der Waals surface area contributed by atoms with Gasteiger partial charge in [0.25, 0.3) is 0 Å². The molecule has 1 fully saturated rings. The molecule has 4 heteroatoms. The van der Waals surface area contributed by atoms with E-state index in [1.165, 1.54) is 36.1 Å². The molecule has 0 atom stereocenters. The van der Waals surface area contributed by atoms with E-state index < -0.39 is 0 Å². The molecular weight excluding hydrogens is 230 g/mol. The summed E-state index contributed by atoms with van der Waals surface area (Å²) >= 11 is 1.74. The van der Waals surface area contributed by atoms with Gasteiger partial charge >= 0.3 is 0 Å². The van der Waals surface area contributed by atoms with E-state index in [2.05, 4.69) is 33.6 Å². The summed E-state index contributed by atoms with van der Waals surface area (Å²) in [6, 6.07) is 2.17. The number of thiophene rings is 1. The first-order chi connectivity index (χ1) is 8.38. The molecule has 2 aromatic rings. The molecule has 0 amide bonds. The summed E-state index contributed by atoms with van der Waals surface area (Å²) < 4.78 is 0. The predicted molar refractivity (Wildman–Crippen MR) is 70.3 cm³/mol. The van der Waals surface area contributed by atoms with Gasteiger partial charge in [0, 0.05) is 5.92 Å². The topological polar surface area (TPSA) is 41.6 Å². The Hall–Kier alpha value is -1.16. The van der Waals surface area contributed by atoms with Crippen LogP contribution in [-0.4, -0.2) is 15.2 Å². The number of aryl methyl sites for hydroxylation is 1. The zero-order valence-corrected chi connectivity index (χ0v) is 10.9. The van der Waals surface area contributed by atoms with Crippen molar-refractivity contribution in [3.05, 3.63) is 22.8 Å². The number of nitrogens with one attached hydrogen (secondary N) is 1. The number of nitrogens with zero attached hydrogens (tertiary/aromatic N) is 2. The first-order valence-electron chi connectivity index (χ1n) is 6.37. The molecule has 2 heterocycles. The Labute approximate surface area is 105 Å². The van der Waals surface area contributed by atoms with E-state index >= 15 is 0 Å². The second-order valence-corrected chi connectivity index (χ2v) is 5.57. The van der Waals surface area contributed by atoms with Crippen LogP contribution in [0, 0.1) is 0 Å². The van der Waals surface area contributed by atoms with Gasteiger partial charge in [0.2, 0.25) is 0 Å². The Morgan fingerprint density at radius 2 is 2.24 bits per heavy atom. The highest BCUT2D eigenvalue weighted by Crippen LogP contribution is 2.34. The van der Waals surface area contributed by atoms with Crippen molar-refractivity contribution in [3.8, 4) is 10.7 Å². The molecule has 0 spiro atoms. The molecule has 0 saturated heterocycles. The van der Waals surface area contributed by atoms with Gasteiger partial charge in [0.1, 0.15) is 5.82 Å². The molecule has 0 unspecified atom stereocenters. The van der Waals surface area contributed by atoms with Crippen LogP contribution < -0.4 is 0 Å². The smallest absolute Gasteiger partial charge is 0.191 e. The predicted octanol–water partition coefficient (Wildman–Crippen LogP) is 3.75. The van der Waals surface area contributed by atoms with Crippen LogP contribution in [0.1, 0.15) is 49.9 Å². The third kappa shape index (κ3) is 2.02. The van der Waals surface area contributed by atoms with Crippen molar-refractivity contribution in [2.45, 2.75) is 44.9 Å². The summed E-state index contributed by atoms with van der Waals surface area (Å²) in [5, 5.41) is 9.64. The zero-order valence-electron chi connectivity index (χ0n) is 10.1. The van der Waals surface area contributed by atoms with Crippen molar-refractivity contribution in [3.63, 3.8) is 0 Å². The Bertz CT molecular complexity index is 494. The summed E-state index contributed by atoms with van der Waals surface area (Å²) in [7, 11) is 0. The highest BCUT2D eigenvalue weighted by Gasteiger charge is 2.21. The number of aromatic nitrogens is 3. The van der Waals surface area contributed by atoms with E-state index in [1.807, 2.05) is 0 Å². The van der Waals surface area contributed by atoms with E-state index in [9.17, 15) is 0 Å². The van der Waals surface area contributed by atoms with Crippen molar-refractivity contribution in [2.24, 2.45) is 0 Å². The van der Waals surface area contributed by atoms with E-state index in [0.717, 1.165) is 18.1 Å². The Balaban J connectivity index is 1.89. The minimum Gasteiger partial charge on any atom is -0.262 e. The molecule has 1 aliphatic carbocycles. The molecule has 3 rings (SSSR count). The lowest BCUT2D eigenvalue weighted by atomic mass is 10.1. The molecule has 1 N–H and O–H groups in total. The van der Waals surface area contributed by atoms with Gasteiger partial charge in [0.15, 0.2) is 5.82 Å². The molecule has 17 heavy (non-hydrogen) atoms. The van der Waals surface area contributed by atoms with Crippen molar-refractivity contribution < 1.29 is 0 Å². The highest BCUT2D eigenvalue weighted by molar-refractivity contribution is 7.13. The van der Waals surface area contributed by atoms with Crippen LogP contribution in [0.5, 0.6) is 0 Å². The largest absolute Gasteiger partial charge is 0.262 e. The first kappa shape index (κ1) is 11.0. The number of hydrogen-bond donors (Lipinski definition) is 1. The molecule has 1 aliphatic rings. The summed E-state index contributed by atoms with van der Waals surface area (Å²) in [6.45, 7) is 2.18. The Morgan fingerprint density at radius 1 is 1.41 bits per heavy atom. The van der Waals surface area contributed by atoms with Gasteiger partial charge in [-0.05, 0) is 36.3 Å². The lowest BCUT2D eigenvalue weighted by Crippen LogP contribution is -1.94. The minimum absolute atomic E-state index is 0.612. The summed E-state index contributed by atoms with van der Waals surface area (Å²) in [4.78, 5) is 5.92. The van der Waals surface area contributed by atoms with Crippen LogP contribution in [0.2, 0.25) is 0 Å². The Kier molecular flexibility index (Phi) is 2.97. The van der Waals surface area contributed by atoms with E-state index in [0.29, 0.717) is 5.92 Å². The third-order valence-electron chi connectivity index (χ3n) is 3.58. The second-order valence-electron chi connectivity index (χ2n) is 4.65. The van der Waals surface area contributed by atoms with Crippen LogP contribution >= 0.6 is 11.3 Å². The SMILES string of the molecule is CCc1ccsc1-c1n[nH]c(C2CCCC2)n1. The van der Waals surface area contributed by atoms with Gasteiger partial charge in [-0.25, -0.2) is 4.98 Å². The second kappa shape index (κ2) is 4.61. The molecule has 0 aromatic carbocycles. The molecule has 0 radical (unpaired) electrons. The molecule has 1 saturated carbocycles. The maximum Gasteiger partial charge on any atom is 0.191 e. The minimum atomic E-state index is 0.612. The summed E-state index contributed by atoms with van der Waals surface area (Å²) in [5.41, 5.74) is 1.35. The standard InChI is InChI=1S/C13H17N3S/c1-2-9-7-8-17-11(9)13-14-12(15-16-13)10-5-3-4-6-10/h7-8,10H,2-6H2,1H3,(H,14,15,16). The molecule has 90 valence electrons. The van der Waals surface area contributed by atoms with E-state index in [1.54, 1.807) is 11.3 Å². The molecule has 0 bridgehead atoms. The van der Waals surface area contributed by atoms with Gasteiger partial charge in [-0.15, -0.1) is 11.3 Å². The van der Waals surface area contributed by atoms with Crippen molar-refractivity contribution >= 4 is 11.3 Å². The van der Waals surface area contributed by atoms with Crippen molar-refractivity contribution in [1.29, 1.82) is 0 Å². The summed E-state index contributed by atoms with van der Waals surface area (Å²) in [5.74, 6) is 2.59. The number of H-pyrrole nitrogens is 1. The number of aromatic amines is 1. The summed E-state index contributed by atoms with van der Waals surface area (Å²) in [6.07, 6.45) is 6.24. The maximum atomic E-state index is 4.69. The molecule has 3 nitrogen and oxygen atoms in total. The number of rotatable bonds is 3. The van der Waals surface area contributed by atoms with Crippen LogP contribution in [0.25, 0.3) is 10.7 Å². The van der Waals surface area contributed by atoms with Crippen LogP contribution in [0.3, 0.4) is 0 Å². The maximum absolute atomic E-state index is 4.69. The van der Waals surface area contributed by atoms with E-state index in [4.69, 9.17) is 0 Å². The van der Waals surface area contributed by atoms with Crippen LogP contribution in [0.4, 0.5) is 0 Å². The van der Waals surface area contributed by atoms with Crippen molar-refractivity contribution in [2.75, 3.05) is 0 Å². The van der Waals surface area contributed by atoms with Gasteiger partial charge in [0.05, 0.1) is 4.88 Å².